The third kappa shape index (κ3) is 9.30. The van der Waals surface area contributed by atoms with Crippen LogP contribution in [0.4, 0.5) is 26.3 Å². The van der Waals surface area contributed by atoms with Crippen LogP contribution in [0.1, 0.15) is 56.5 Å². The van der Waals surface area contributed by atoms with Crippen molar-refractivity contribution >= 4 is 11.9 Å². The van der Waals surface area contributed by atoms with Crippen LogP contribution in [0.2, 0.25) is 0 Å². The van der Waals surface area contributed by atoms with Crippen molar-refractivity contribution in [3.8, 4) is 0 Å². The second-order valence-electron chi connectivity index (χ2n) is 8.63. The number of rotatable bonds is 3. The van der Waals surface area contributed by atoms with Gasteiger partial charge in [-0.3, -0.25) is 4.90 Å². The molecule has 13 heteroatoms. The van der Waals surface area contributed by atoms with Crippen LogP contribution >= 0.6 is 11.9 Å². The Hall–Kier alpha value is -2.06. The van der Waals surface area contributed by atoms with E-state index in [2.05, 4.69) is 25.5 Å². The minimum Gasteiger partial charge on any atom is -0.400 e. The van der Waals surface area contributed by atoms with Gasteiger partial charge < -0.3 is 15.6 Å². The quantitative estimate of drug-likeness (QED) is 0.448. The van der Waals surface area contributed by atoms with E-state index in [9.17, 15) is 26.3 Å². The van der Waals surface area contributed by atoms with Crippen molar-refractivity contribution in [3.63, 3.8) is 0 Å². The van der Waals surface area contributed by atoms with E-state index in [0.717, 1.165) is 30.9 Å². The SMILES string of the molecule is C=C(C)F.CCC.CO.CSn1cc2c(n1)CN(C1CC(N)[C@@H](c3cc(F)ccc3F)OC1C(F)(F)F)C2. The van der Waals surface area contributed by atoms with Crippen LogP contribution in [0.25, 0.3) is 0 Å². The van der Waals surface area contributed by atoms with Gasteiger partial charge in [0.1, 0.15) is 17.7 Å². The lowest BCUT2D eigenvalue weighted by Crippen LogP contribution is -2.58. The fourth-order valence-electron chi connectivity index (χ4n) is 4.03. The summed E-state index contributed by atoms with van der Waals surface area (Å²) < 4.78 is 87.0. The van der Waals surface area contributed by atoms with Gasteiger partial charge in [0.15, 0.2) is 6.10 Å². The van der Waals surface area contributed by atoms with Gasteiger partial charge in [-0.25, -0.2) is 17.3 Å². The van der Waals surface area contributed by atoms with Crippen molar-refractivity contribution in [3.05, 3.63) is 65.3 Å². The number of nitrogens with zero attached hydrogens (tertiary/aromatic N) is 3. The molecule has 3 heterocycles. The number of ether oxygens (including phenoxy) is 1. The van der Waals surface area contributed by atoms with Crippen molar-refractivity contribution < 1.29 is 36.2 Å². The maximum Gasteiger partial charge on any atom is 0.416 e. The van der Waals surface area contributed by atoms with Gasteiger partial charge in [0.25, 0.3) is 0 Å². The molecule has 0 radical (unpaired) electrons. The van der Waals surface area contributed by atoms with Gasteiger partial charge in [-0.1, -0.05) is 26.8 Å². The maximum atomic E-state index is 14.2. The Morgan fingerprint density at radius 3 is 2.32 bits per heavy atom. The summed E-state index contributed by atoms with van der Waals surface area (Å²) >= 11 is 1.39. The van der Waals surface area contributed by atoms with Crippen molar-refractivity contribution in [1.82, 2.24) is 14.1 Å². The molecule has 4 rings (SSSR count). The molecule has 38 heavy (non-hydrogen) atoms. The largest absolute Gasteiger partial charge is 0.416 e. The van der Waals surface area contributed by atoms with Gasteiger partial charge in [-0.05, 0) is 43.5 Å². The fourth-order valence-corrected chi connectivity index (χ4v) is 4.44. The van der Waals surface area contributed by atoms with Crippen LogP contribution in [0, 0.1) is 11.6 Å². The molecule has 4 atom stereocenters. The molecule has 6 nitrogen and oxygen atoms in total. The summed E-state index contributed by atoms with van der Waals surface area (Å²) in [4.78, 5) is 1.64. The highest BCUT2D eigenvalue weighted by Crippen LogP contribution is 2.42. The zero-order chi connectivity index (χ0) is 29.2. The van der Waals surface area contributed by atoms with E-state index < -0.39 is 42.1 Å². The lowest BCUT2D eigenvalue weighted by atomic mass is 9.89. The molecule has 0 aliphatic carbocycles. The topological polar surface area (TPSA) is 76.5 Å². The van der Waals surface area contributed by atoms with E-state index in [4.69, 9.17) is 15.6 Å². The van der Waals surface area contributed by atoms with E-state index in [0.29, 0.717) is 12.2 Å². The third-order valence-corrected chi connectivity index (χ3v) is 5.93. The molecule has 1 aromatic carbocycles. The molecule has 2 aliphatic heterocycles. The first kappa shape index (κ1) is 34.0. The number of halogens is 6. The van der Waals surface area contributed by atoms with Crippen LogP contribution in [0.3, 0.4) is 0 Å². The van der Waals surface area contributed by atoms with E-state index in [1.807, 2.05) is 6.26 Å². The Morgan fingerprint density at radius 1 is 1.24 bits per heavy atom. The van der Waals surface area contributed by atoms with Gasteiger partial charge >= 0.3 is 6.18 Å². The number of benzene rings is 1. The second kappa shape index (κ2) is 15.5. The lowest BCUT2D eigenvalue weighted by Gasteiger charge is -2.44. The standard InChI is InChI=1S/C18H19F5N4OS.C3H5F.C3H8.CH4O/c1-29-27-7-9-6-26(8-14(9)25-27)15-5-13(24)16(28-17(15)18(21,22)23)11-4-10(19)2-3-12(11)20;1-3(2)4;1-3-2;1-2/h2-4,7,13,15-17H,5-6,8,24H2,1H3;1H2,2H3;3H2,1-2H3;2H,1H3/t13?,15?,16-,17?;;;/m1.../s1. The molecule has 216 valence electrons. The first-order chi connectivity index (χ1) is 17.8. The molecule has 0 amide bonds. The Labute approximate surface area is 224 Å². The molecule has 1 saturated heterocycles. The van der Waals surface area contributed by atoms with Crippen molar-refractivity contribution in [2.45, 2.75) is 77.2 Å². The molecule has 3 N–H and O–H groups in total. The molecule has 0 saturated carbocycles. The number of hydrogen-bond acceptors (Lipinski definition) is 6. The summed E-state index contributed by atoms with van der Waals surface area (Å²) in [6.45, 7) is 8.98. The molecule has 0 bridgehead atoms. The summed E-state index contributed by atoms with van der Waals surface area (Å²) in [5.41, 5.74) is 7.36. The highest BCUT2D eigenvalue weighted by molar-refractivity contribution is 7.97. The van der Waals surface area contributed by atoms with Crippen LogP contribution in [0.15, 0.2) is 36.8 Å². The normalized spacial score (nSPS) is 22.7. The first-order valence-corrected chi connectivity index (χ1v) is 13.0. The monoisotopic (exact) mass is 570 g/mol. The Morgan fingerprint density at radius 2 is 1.82 bits per heavy atom. The fraction of sp³-hybridized carbons (Fsp3) is 0.560. The van der Waals surface area contributed by atoms with Crippen molar-refractivity contribution in [2.75, 3.05) is 13.4 Å². The van der Waals surface area contributed by atoms with Crippen molar-refractivity contribution in [2.24, 2.45) is 5.73 Å². The highest BCUT2D eigenvalue weighted by Gasteiger charge is 2.54. The molecule has 2 aliphatic rings. The Bertz CT molecular complexity index is 993. The van der Waals surface area contributed by atoms with Gasteiger partial charge in [-0.15, -0.1) is 0 Å². The van der Waals surface area contributed by atoms with E-state index in [1.54, 1.807) is 15.2 Å². The number of hydrogen-bond donors (Lipinski definition) is 2. The molecular weight excluding hydrogens is 534 g/mol. The van der Waals surface area contributed by atoms with Crippen LogP contribution < -0.4 is 5.73 Å². The Kier molecular flexibility index (Phi) is 13.9. The number of nitrogens with two attached hydrogens (primary N) is 1. The molecule has 3 unspecified atom stereocenters. The third-order valence-electron chi connectivity index (χ3n) is 5.37. The summed E-state index contributed by atoms with van der Waals surface area (Å²) in [7, 11) is 1.00. The van der Waals surface area contributed by atoms with E-state index in [1.165, 1.54) is 25.3 Å². The van der Waals surface area contributed by atoms with Crippen LogP contribution in [-0.2, 0) is 17.8 Å². The van der Waals surface area contributed by atoms with E-state index in [-0.39, 0.29) is 24.4 Å². The van der Waals surface area contributed by atoms with Crippen molar-refractivity contribution in [1.29, 1.82) is 0 Å². The number of aliphatic hydroxyl groups is 1. The summed E-state index contributed by atoms with van der Waals surface area (Å²) in [6, 6.07) is 0.625. The predicted octanol–water partition coefficient (Wildman–Crippen LogP) is 5.91. The zero-order valence-electron chi connectivity index (χ0n) is 22.1. The number of fused-ring (bicyclic) bond motifs is 1. The van der Waals surface area contributed by atoms with Crippen LogP contribution in [-0.4, -0.2) is 56.9 Å². The minimum atomic E-state index is -4.69. The lowest BCUT2D eigenvalue weighted by molar-refractivity contribution is -0.269. The summed E-state index contributed by atoms with van der Waals surface area (Å²) in [5, 5.41) is 11.3. The first-order valence-electron chi connectivity index (χ1n) is 11.9. The van der Waals surface area contributed by atoms with Gasteiger partial charge in [-0.2, -0.15) is 18.3 Å². The smallest absolute Gasteiger partial charge is 0.400 e. The van der Waals surface area contributed by atoms with Gasteiger partial charge in [0.2, 0.25) is 0 Å². The summed E-state index contributed by atoms with van der Waals surface area (Å²) in [5.74, 6) is -1.95. The molecule has 1 fully saturated rings. The van der Waals surface area contributed by atoms with Crippen LogP contribution in [0.5, 0.6) is 0 Å². The zero-order valence-corrected chi connectivity index (χ0v) is 22.9. The van der Waals surface area contributed by atoms with E-state index >= 15 is 0 Å². The number of allylic oxidation sites excluding steroid dienone is 1. The average molecular weight is 571 g/mol. The minimum absolute atomic E-state index is 0.0718. The highest BCUT2D eigenvalue weighted by atomic mass is 32.2. The van der Waals surface area contributed by atoms with Gasteiger partial charge in [0, 0.05) is 55.9 Å². The summed E-state index contributed by atoms with van der Waals surface area (Å²) in [6.07, 6.45) is -3.44. The maximum absolute atomic E-state index is 14.2. The molecule has 0 spiro atoms. The predicted molar refractivity (Wildman–Crippen MR) is 137 cm³/mol. The second-order valence-corrected chi connectivity index (χ2v) is 9.37. The number of aliphatic hydroxyl groups excluding tert-OH is 1. The number of aromatic nitrogens is 2. The molecule has 2 aromatic rings. The molecular formula is C25H36F6N4O2S. The molecule has 1 aromatic heterocycles. The Balaban J connectivity index is 0.000000708. The average Bonchev–Trinajstić information content (AvgIpc) is 3.40. The van der Waals surface area contributed by atoms with Gasteiger partial charge in [0.05, 0.1) is 11.5 Å². The number of alkyl halides is 3.